The van der Waals surface area contributed by atoms with Gasteiger partial charge in [0, 0.05) is 18.3 Å². The van der Waals surface area contributed by atoms with Crippen molar-refractivity contribution < 1.29 is 22.0 Å². The molecule has 1 nitrogen and oxygen atoms in total. The average Bonchev–Trinajstić information content (AvgIpc) is 2.35. The number of anilines is 1. The molecule has 106 valence electrons. The maximum atomic E-state index is 12.9. The van der Waals surface area contributed by atoms with Crippen molar-refractivity contribution in [1.82, 2.24) is 0 Å². The fourth-order valence-corrected chi connectivity index (χ4v) is 1.69. The van der Waals surface area contributed by atoms with E-state index in [4.69, 9.17) is 0 Å². The Morgan fingerprint density at radius 2 is 1.40 bits per heavy atom. The van der Waals surface area contributed by atoms with Crippen molar-refractivity contribution in [2.75, 3.05) is 5.32 Å². The standard InChI is InChI=1S/C14H10F5N/c15-11-5-9(6-12(16)7-11)8-20-13-3-1-10(2-4-13)14(17,18)19/h1-7,20H,8H2. The normalized spacial score (nSPS) is 11.4. The van der Waals surface area contributed by atoms with Crippen molar-refractivity contribution in [2.45, 2.75) is 12.7 Å². The zero-order chi connectivity index (χ0) is 14.8. The summed E-state index contributed by atoms with van der Waals surface area (Å²) in [5.41, 5.74) is 0.0462. The van der Waals surface area contributed by atoms with Crippen molar-refractivity contribution in [3.63, 3.8) is 0 Å². The Labute approximate surface area is 112 Å². The maximum Gasteiger partial charge on any atom is 0.416 e. The molecule has 1 N–H and O–H groups in total. The van der Waals surface area contributed by atoms with E-state index in [-0.39, 0.29) is 6.54 Å². The summed E-state index contributed by atoms with van der Waals surface area (Å²) in [5, 5.41) is 2.79. The zero-order valence-corrected chi connectivity index (χ0v) is 10.1. The van der Waals surface area contributed by atoms with Crippen LogP contribution in [0.25, 0.3) is 0 Å². The average molecular weight is 287 g/mol. The summed E-state index contributed by atoms with van der Waals surface area (Å²) >= 11 is 0. The van der Waals surface area contributed by atoms with Crippen LogP contribution in [0.1, 0.15) is 11.1 Å². The minimum atomic E-state index is -4.38. The quantitative estimate of drug-likeness (QED) is 0.814. The van der Waals surface area contributed by atoms with Gasteiger partial charge in [-0.2, -0.15) is 13.2 Å². The number of hydrogen-bond acceptors (Lipinski definition) is 1. The van der Waals surface area contributed by atoms with Crippen LogP contribution in [0.3, 0.4) is 0 Å². The van der Waals surface area contributed by atoms with Gasteiger partial charge in [0.2, 0.25) is 0 Å². The Morgan fingerprint density at radius 3 is 1.90 bits per heavy atom. The lowest BCUT2D eigenvalue weighted by Gasteiger charge is -2.09. The van der Waals surface area contributed by atoms with E-state index in [0.717, 1.165) is 30.3 Å². The summed E-state index contributed by atoms with van der Waals surface area (Å²) < 4.78 is 63.0. The van der Waals surface area contributed by atoms with Gasteiger partial charge in [0.25, 0.3) is 0 Å². The second kappa shape index (κ2) is 5.48. The van der Waals surface area contributed by atoms with Crippen molar-refractivity contribution in [3.05, 3.63) is 65.2 Å². The van der Waals surface area contributed by atoms with Crippen LogP contribution in [-0.4, -0.2) is 0 Å². The summed E-state index contributed by atoms with van der Waals surface area (Å²) in [6.07, 6.45) is -4.38. The number of nitrogens with one attached hydrogen (secondary N) is 1. The molecule has 0 aliphatic carbocycles. The van der Waals surface area contributed by atoms with Gasteiger partial charge < -0.3 is 5.32 Å². The first kappa shape index (κ1) is 14.3. The van der Waals surface area contributed by atoms with Gasteiger partial charge in [-0.25, -0.2) is 8.78 Å². The highest BCUT2D eigenvalue weighted by Crippen LogP contribution is 2.29. The minimum absolute atomic E-state index is 0.111. The van der Waals surface area contributed by atoms with Gasteiger partial charge in [-0.1, -0.05) is 0 Å². The lowest BCUT2D eigenvalue weighted by molar-refractivity contribution is -0.137. The maximum absolute atomic E-state index is 12.9. The Morgan fingerprint density at radius 1 is 0.850 bits per heavy atom. The van der Waals surface area contributed by atoms with E-state index in [0.29, 0.717) is 11.3 Å². The summed E-state index contributed by atoms with van der Waals surface area (Å²) in [4.78, 5) is 0. The van der Waals surface area contributed by atoms with E-state index < -0.39 is 23.4 Å². The summed E-state index contributed by atoms with van der Waals surface area (Å²) in [7, 11) is 0. The molecule has 0 fully saturated rings. The molecule has 6 heteroatoms. The molecule has 2 aromatic carbocycles. The third-order valence-corrected chi connectivity index (χ3v) is 2.63. The molecule has 2 rings (SSSR count). The van der Waals surface area contributed by atoms with Gasteiger partial charge in [-0.15, -0.1) is 0 Å². The SMILES string of the molecule is Fc1cc(F)cc(CNc2ccc(C(F)(F)F)cc2)c1. The third kappa shape index (κ3) is 3.69. The van der Waals surface area contributed by atoms with E-state index in [1.807, 2.05) is 0 Å². The first-order valence-electron chi connectivity index (χ1n) is 5.71. The van der Waals surface area contributed by atoms with Gasteiger partial charge >= 0.3 is 6.18 Å². The summed E-state index contributed by atoms with van der Waals surface area (Å²) in [6, 6.07) is 7.46. The second-order valence-corrected chi connectivity index (χ2v) is 4.21. The Balaban J connectivity index is 2.04. The molecule has 0 bridgehead atoms. The van der Waals surface area contributed by atoms with Crippen molar-refractivity contribution in [3.8, 4) is 0 Å². The largest absolute Gasteiger partial charge is 0.416 e. The molecule has 20 heavy (non-hydrogen) atoms. The number of benzene rings is 2. The summed E-state index contributed by atoms with van der Waals surface area (Å²) in [6.45, 7) is 0.111. The fourth-order valence-electron chi connectivity index (χ4n) is 1.69. The number of rotatable bonds is 3. The van der Waals surface area contributed by atoms with Crippen LogP contribution < -0.4 is 5.32 Å². The molecule has 0 spiro atoms. The number of halogens is 5. The van der Waals surface area contributed by atoms with Crippen LogP contribution in [0.2, 0.25) is 0 Å². The van der Waals surface area contributed by atoms with Crippen molar-refractivity contribution >= 4 is 5.69 Å². The molecule has 0 heterocycles. The molecule has 0 amide bonds. The van der Waals surface area contributed by atoms with Crippen LogP contribution >= 0.6 is 0 Å². The number of hydrogen-bond donors (Lipinski definition) is 1. The van der Waals surface area contributed by atoms with E-state index in [1.54, 1.807) is 0 Å². The Hall–Kier alpha value is -2.11. The van der Waals surface area contributed by atoms with Crippen LogP contribution in [0, 0.1) is 11.6 Å². The van der Waals surface area contributed by atoms with Gasteiger partial charge in [0.15, 0.2) is 0 Å². The van der Waals surface area contributed by atoms with Crippen LogP contribution in [0.4, 0.5) is 27.6 Å². The molecule has 2 aromatic rings. The van der Waals surface area contributed by atoms with Gasteiger partial charge in [-0.3, -0.25) is 0 Å². The molecule has 0 aromatic heterocycles. The Kier molecular flexibility index (Phi) is 3.92. The third-order valence-electron chi connectivity index (χ3n) is 2.63. The predicted molar refractivity (Wildman–Crippen MR) is 65.1 cm³/mol. The monoisotopic (exact) mass is 287 g/mol. The molecule has 0 saturated carbocycles. The summed E-state index contributed by atoms with van der Waals surface area (Å²) in [5.74, 6) is -1.40. The molecule has 0 aliphatic heterocycles. The minimum Gasteiger partial charge on any atom is -0.381 e. The fraction of sp³-hybridized carbons (Fsp3) is 0.143. The molecule has 0 unspecified atom stereocenters. The highest BCUT2D eigenvalue weighted by molar-refractivity contribution is 5.45. The van der Waals surface area contributed by atoms with Crippen molar-refractivity contribution in [1.29, 1.82) is 0 Å². The van der Waals surface area contributed by atoms with Crippen LogP contribution in [0.15, 0.2) is 42.5 Å². The Bertz CT molecular complexity index is 569. The smallest absolute Gasteiger partial charge is 0.381 e. The van der Waals surface area contributed by atoms with E-state index in [1.165, 1.54) is 12.1 Å². The second-order valence-electron chi connectivity index (χ2n) is 4.21. The molecule has 0 aliphatic rings. The first-order valence-corrected chi connectivity index (χ1v) is 5.71. The van der Waals surface area contributed by atoms with E-state index in [9.17, 15) is 22.0 Å². The molecule has 0 saturated heterocycles. The molecule has 0 atom stereocenters. The molecule has 0 radical (unpaired) electrons. The van der Waals surface area contributed by atoms with Gasteiger partial charge in [-0.05, 0) is 42.0 Å². The highest BCUT2D eigenvalue weighted by atomic mass is 19.4. The lowest BCUT2D eigenvalue weighted by Crippen LogP contribution is -2.05. The highest BCUT2D eigenvalue weighted by Gasteiger charge is 2.29. The van der Waals surface area contributed by atoms with Crippen LogP contribution in [0.5, 0.6) is 0 Å². The van der Waals surface area contributed by atoms with E-state index in [2.05, 4.69) is 5.32 Å². The number of alkyl halides is 3. The molecular weight excluding hydrogens is 277 g/mol. The van der Waals surface area contributed by atoms with Gasteiger partial charge in [0.05, 0.1) is 5.56 Å². The predicted octanol–water partition coefficient (Wildman–Crippen LogP) is 4.60. The topological polar surface area (TPSA) is 12.0 Å². The van der Waals surface area contributed by atoms with Crippen LogP contribution in [-0.2, 0) is 12.7 Å². The molecular formula is C14H10F5N. The zero-order valence-electron chi connectivity index (χ0n) is 10.1. The van der Waals surface area contributed by atoms with Crippen molar-refractivity contribution in [2.24, 2.45) is 0 Å². The lowest BCUT2D eigenvalue weighted by atomic mass is 10.2. The van der Waals surface area contributed by atoms with E-state index >= 15 is 0 Å². The first-order chi connectivity index (χ1) is 9.34. The van der Waals surface area contributed by atoms with Gasteiger partial charge in [0.1, 0.15) is 11.6 Å².